The van der Waals surface area contributed by atoms with Gasteiger partial charge in [-0.15, -0.1) is 0 Å². The van der Waals surface area contributed by atoms with Gasteiger partial charge in [0, 0.05) is 11.6 Å². The Morgan fingerprint density at radius 3 is 2.74 bits per heavy atom. The number of hydrogen-bond donors (Lipinski definition) is 2. The zero-order valence-electron chi connectivity index (χ0n) is 10.4. The van der Waals surface area contributed by atoms with Gasteiger partial charge >= 0.3 is 0 Å². The van der Waals surface area contributed by atoms with Crippen LogP contribution in [0.3, 0.4) is 0 Å². The third-order valence-electron chi connectivity index (χ3n) is 2.97. The summed E-state index contributed by atoms with van der Waals surface area (Å²) in [5.41, 5.74) is 1.18. The van der Waals surface area contributed by atoms with Crippen molar-refractivity contribution in [2.24, 2.45) is 5.92 Å². The maximum atomic E-state index is 13.1. The predicted octanol–water partition coefficient (Wildman–Crippen LogP) is 3.62. The van der Waals surface area contributed by atoms with Crippen LogP contribution in [0.15, 0.2) is 29.5 Å². The summed E-state index contributed by atoms with van der Waals surface area (Å²) in [6, 6.07) is 6.39. The van der Waals surface area contributed by atoms with Gasteiger partial charge in [-0.2, -0.15) is 5.26 Å². The average molecular weight is 276 g/mol. The van der Waals surface area contributed by atoms with Crippen molar-refractivity contribution in [2.75, 3.05) is 5.32 Å². The molecule has 0 heterocycles. The van der Waals surface area contributed by atoms with Gasteiger partial charge in [0.1, 0.15) is 28.2 Å². The fraction of sp³-hybridized carbons (Fsp3) is 0.286. The molecule has 0 atom stereocenters. The molecule has 0 aromatic heterocycles. The van der Waals surface area contributed by atoms with Crippen LogP contribution in [0.25, 0.3) is 0 Å². The van der Waals surface area contributed by atoms with Gasteiger partial charge < -0.3 is 10.4 Å². The Morgan fingerprint density at radius 2 is 2.21 bits per heavy atom. The van der Waals surface area contributed by atoms with Gasteiger partial charge in [-0.05, 0) is 43.5 Å². The Balaban J connectivity index is 2.18. The van der Waals surface area contributed by atoms with E-state index in [0.29, 0.717) is 11.3 Å². The molecule has 3 nitrogen and oxygen atoms in total. The summed E-state index contributed by atoms with van der Waals surface area (Å²) in [5.74, 6) is -0.184. The van der Waals surface area contributed by atoms with Crippen LogP contribution in [0.5, 0.6) is 0 Å². The topological polar surface area (TPSA) is 56.0 Å². The van der Waals surface area contributed by atoms with E-state index >= 15 is 0 Å². The second-order valence-corrected chi connectivity index (χ2v) is 4.97. The number of aliphatic hydroxyl groups is 1. The molecule has 0 unspecified atom stereocenters. The number of aliphatic hydroxyl groups excluding tert-OH is 1. The Kier molecular flexibility index (Phi) is 3.82. The molecule has 0 saturated heterocycles. The van der Waals surface area contributed by atoms with E-state index in [0.717, 1.165) is 12.8 Å². The highest BCUT2D eigenvalue weighted by atomic mass is 32.1. The Morgan fingerprint density at radius 1 is 1.53 bits per heavy atom. The SMILES string of the molecule is Cc1cc(NC(=S)/C(C#N)=C(/O)C2CC2)ccc1F. The van der Waals surface area contributed by atoms with Crippen molar-refractivity contribution in [3.63, 3.8) is 0 Å². The minimum Gasteiger partial charge on any atom is -0.511 e. The zero-order valence-corrected chi connectivity index (χ0v) is 11.2. The zero-order chi connectivity index (χ0) is 14.0. The molecule has 98 valence electrons. The van der Waals surface area contributed by atoms with E-state index in [1.54, 1.807) is 13.0 Å². The highest BCUT2D eigenvalue weighted by molar-refractivity contribution is 7.81. The number of halogens is 1. The lowest BCUT2D eigenvalue weighted by molar-refractivity contribution is 0.377. The number of aryl methyl sites for hydroxylation is 1. The molecule has 1 aromatic rings. The van der Waals surface area contributed by atoms with Crippen molar-refractivity contribution >= 4 is 22.9 Å². The van der Waals surface area contributed by atoms with E-state index in [1.807, 2.05) is 6.07 Å². The van der Waals surface area contributed by atoms with E-state index in [4.69, 9.17) is 17.5 Å². The van der Waals surface area contributed by atoms with Gasteiger partial charge in [-0.1, -0.05) is 12.2 Å². The van der Waals surface area contributed by atoms with Gasteiger partial charge in [0.15, 0.2) is 0 Å². The fourth-order valence-corrected chi connectivity index (χ4v) is 1.97. The summed E-state index contributed by atoms with van der Waals surface area (Å²) in [4.78, 5) is 0.165. The molecule has 5 heteroatoms. The second kappa shape index (κ2) is 5.37. The van der Waals surface area contributed by atoms with Crippen LogP contribution >= 0.6 is 12.2 Å². The van der Waals surface area contributed by atoms with Crippen molar-refractivity contribution in [3.8, 4) is 6.07 Å². The normalized spacial score (nSPS) is 15.4. The van der Waals surface area contributed by atoms with Crippen molar-refractivity contribution in [1.82, 2.24) is 0 Å². The summed E-state index contributed by atoms with van der Waals surface area (Å²) in [6.07, 6.45) is 1.77. The first-order valence-electron chi connectivity index (χ1n) is 5.93. The summed E-state index contributed by atoms with van der Waals surface area (Å²) in [5, 5.41) is 21.8. The quantitative estimate of drug-likeness (QED) is 0.383. The van der Waals surface area contributed by atoms with Crippen LogP contribution < -0.4 is 5.32 Å². The highest BCUT2D eigenvalue weighted by Gasteiger charge is 2.29. The Labute approximate surface area is 116 Å². The van der Waals surface area contributed by atoms with E-state index in [-0.39, 0.29) is 28.1 Å². The van der Waals surface area contributed by atoms with E-state index in [1.165, 1.54) is 12.1 Å². The molecule has 0 bridgehead atoms. The van der Waals surface area contributed by atoms with Gasteiger partial charge in [0.05, 0.1) is 0 Å². The molecule has 1 saturated carbocycles. The van der Waals surface area contributed by atoms with E-state index < -0.39 is 0 Å². The van der Waals surface area contributed by atoms with Crippen LogP contribution in [-0.4, -0.2) is 10.1 Å². The first-order valence-corrected chi connectivity index (χ1v) is 6.34. The van der Waals surface area contributed by atoms with E-state index in [2.05, 4.69) is 5.32 Å². The van der Waals surface area contributed by atoms with Crippen molar-refractivity contribution in [1.29, 1.82) is 5.26 Å². The monoisotopic (exact) mass is 276 g/mol. The minimum atomic E-state index is -0.298. The molecule has 0 spiro atoms. The van der Waals surface area contributed by atoms with Gasteiger partial charge in [0.2, 0.25) is 0 Å². The van der Waals surface area contributed by atoms with Gasteiger partial charge in [-0.3, -0.25) is 0 Å². The number of hydrogen-bond acceptors (Lipinski definition) is 3. The lowest BCUT2D eigenvalue weighted by atomic mass is 10.1. The standard InChI is InChI=1S/C14H13FN2OS/c1-8-6-10(4-5-12(8)15)17-14(19)11(7-16)13(18)9-2-3-9/h4-6,9,18H,2-3H2,1H3,(H,17,19)/b13-11+. The molecule has 0 radical (unpaired) electrons. The van der Waals surface area contributed by atoms with Gasteiger partial charge in [-0.25, -0.2) is 4.39 Å². The molecule has 1 aliphatic carbocycles. The molecule has 0 aliphatic heterocycles. The second-order valence-electron chi connectivity index (χ2n) is 4.56. The largest absolute Gasteiger partial charge is 0.511 e. The number of nitrogens with one attached hydrogen (secondary N) is 1. The van der Waals surface area contributed by atoms with Crippen LogP contribution in [-0.2, 0) is 0 Å². The summed E-state index contributed by atoms with van der Waals surface area (Å²) < 4.78 is 13.1. The molecule has 1 fully saturated rings. The first-order chi connectivity index (χ1) is 9.02. The first kappa shape index (κ1) is 13.5. The summed E-state index contributed by atoms with van der Waals surface area (Å²) >= 11 is 5.11. The van der Waals surface area contributed by atoms with E-state index in [9.17, 15) is 9.50 Å². The number of nitrogens with zero attached hydrogens (tertiary/aromatic N) is 1. The van der Waals surface area contributed by atoms with Crippen LogP contribution in [0.2, 0.25) is 0 Å². The molecule has 2 N–H and O–H groups in total. The van der Waals surface area contributed by atoms with Crippen LogP contribution in [0, 0.1) is 30.0 Å². The predicted molar refractivity (Wildman–Crippen MR) is 75.3 cm³/mol. The smallest absolute Gasteiger partial charge is 0.126 e. The lowest BCUT2D eigenvalue weighted by Crippen LogP contribution is -2.14. The maximum Gasteiger partial charge on any atom is 0.126 e. The van der Waals surface area contributed by atoms with Crippen molar-refractivity contribution in [2.45, 2.75) is 19.8 Å². The lowest BCUT2D eigenvalue weighted by Gasteiger charge is -2.09. The average Bonchev–Trinajstić information content (AvgIpc) is 3.18. The molecule has 0 amide bonds. The third kappa shape index (κ3) is 3.09. The van der Waals surface area contributed by atoms with Crippen molar-refractivity contribution in [3.05, 3.63) is 40.9 Å². The van der Waals surface area contributed by atoms with Crippen molar-refractivity contribution < 1.29 is 9.50 Å². The van der Waals surface area contributed by atoms with Crippen LogP contribution in [0.4, 0.5) is 10.1 Å². The molecular weight excluding hydrogens is 263 g/mol. The number of benzene rings is 1. The Hall–Kier alpha value is -1.93. The molecular formula is C14H13FN2OS. The number of anilines is 1. The van der Waals surface area contributed by atoms with Gasteiger partial charge in [0.25, 0.3) is 0 Å². The Bertz CT molecular complexity index is 600. The molecule has 1 aliphatic rings. The number of thiocarbonyl (C=S) groups is 1. The maximum absolute atomic E-state index is 13.1. The highest BCUT2D eigenvalue weighted by Crippen LogP contribution is 2.36. The number of nitriles is 1. The summed E-state index contributed by atoms with van der Waals surface area (Å²) in [7, 11) is 0. The molecule has 2 rings (SSSR count). The fourth-order valence-electron chi connectivity index (χ4n) is 1.70. The third-order valence-corrected chi connectivity index (χ3v) is 3.28. The number of allylic oxidation sites excluding steroid dienone is 1. The summed E-state index contributed by atoms with van der Waals surface area (Å²) in [6.45, 7) is 1.65. The van der Waals surface area contributed by atoms with Crippen LogP contribution in [0.1, 0.15) is 18.4 Å². The molecule has 19 heavy (non-hydrogen) atoms. The minimum absolute atomic E-state index is 0.0545. The number of rotatable bonds is 3. The molecule has 1 aromatic carbocycles.